The first-order valence-corrected chi connectivity index (χ1v) is 6.68. The van der Waals surface area contributed by atoms with Crippen LogP contribution in [0.5, 0.6) is 0 Å². The van der Waals surface area contributed by atoms with Gasteiger partial charge < -0.3 is 9.30 Å². The predicted octanol–water partition coefficient (Wildman–Crippen LogP) is 3.14. The number of hydrogen-bond donors (Lipinski definition) is 0. The molecule has 0 bridgehead atoms. The van der Waals surface area contributed by atoms with E-state index in [0.717, 1.165) is 21.4 Å². The molecule has 0 unspecified atom stereocenters. The van der Waals surface area contributed by atoms with E-state index in [1.165, 1.54) is 0 Å². The highest BCUT2D eigenvalue weighted by molar-refractivity contribution is 9.10. The van der Waals surface area contributed by atoms with E-state index in [9.17, 15) is 5.26 Å². The van der Waals surface area contributed by atoms with Crippen molar-refractivity contribution in [2.45, 2.75) is 13.5 Å². The Labute approximate surface area is 120 Å². The van der Waals surface area contributed by atoms with Crippen molar-refractivity contribution < 1.29 is 4.74 Å². The highest BCUT2D eigenvalue weighted by atomic mass is 79.9. The first-order chi connectivity index (χ1) is 9.20. The summed E-state index contributed by atoms with van der Waals surface area (Å²) in [5.74, 6) is 0. The fourth-order valence-electron chi connectivity index (χ4n) is 2.08. The van der Waals surface area contributed by atoms with Crippen LogP contribution in [0.2, 0.25) is 0 Å². The van der Waals surface area contributed by atoms with E-state index in [-0.39, 0.29) is 0 Å². The van der Waals surface area contributed by atoms with Crippen LogP contribution >= 0.6 is 15.9 Å². The van der Waals surface area contributed by atoms with Crippen molar-refractivity contribution in [3.05, 3.63) is 40.3 Å². The maximum atomic E-state index is 9.27. The highest BCUT2D eigenvalue weighted by Crippen LogP contribution is 2.35. The average molecular weight is 320 g/mol. The smallest absolute Gasteiger partial charge is 0.102 e. The molecular weight excluding hydrogens is 306 g/mol. The first-order valence-electron chi connectivity index (χ1n) is 5.88. The highest BCUT2D eigenvalue weighted by Gasteiger charge is 2.19. The van der Waals surface area contributed by atoms with Crippen molar-refractivity contribution in [2.75, 3.05) is 13.7 Å². The van der Waals surface area contributed by atoms with Gasteiger partial charge in [0.2, 0.25) is 0 Å². The number of ether oxygens (including phenoxy) is 1. The molecule has 4 nitrogen and oxygen atoms in total. The van der Waals surface area contributed by atoms with E-state index >= 15 is 0 Å². The van der Waals surface area contributed by atoms with Crippen molar-refractivity contribution in [3.63, 3.8) is 0 Å². The Hall–Kier alpha value is -1.64. The summed E-state index contributed by atoms with van der Waals surface area (Å²) < 4.78 is 8.07. The van der Waals surface area contributed by atoms with Gasteiger partial charge in [0.25, 0.3) is 0 Å². The first kappa shape index (κ1) is 13.8. The molecular formula is C14H14BrN3O. The SMILES string of the molecule is COCCn1c(C)c(C#N)c(Br)c1-c1ccncc1. The van der Waals surface area contributed by atoms with Crippen LogP contribution in [0.25, 0.3) is 11.3 Å². The molecule has 2 heterocycles. The number of methoxy groups -OCH3 is 1. The van der Waals surface area contributed by atoms with Gasteiger partial charge in [0.15, 0.2) is 0 Å². The number of nitriles is 1. The maximum Gasteiger partial charge on any atom is 0.102 e. The van der Waals surface area contributed by atoms with Crippen LogP contribution < -0.4 is 0 Å². The number of pyridine rings is 1. The van der Waals surface area contributed by atoms with Crippen molar-refractivity contribution >= 4 is 15.9 Å². The molecule has 0 aliphatic heterocycles. The Bertz CT molecular complexity index is 614. The van der Waals surface area contributed by atoms with E-state index in [2.05, 4.69) is 31.6 Å². The van der Waals surface area contributed by atoms with E-state index in [1.54, 1.807) is 19.5 Å². The Morgan fingerprint density at radius 1 is 1.42 bits per heavy atom. The minimum atomic E-state index is 0.602. The fraction of sp³-hybridized carbons (Fsp3) is 0.286. The third-order valence-corrected chi connectivity index (χ3v) is 3.82. The van der Waals surface area contributed by atoms with Crippen molar-refractivity contribution in [1.29, 1.82) is 5.26 Å². The molecule has 19 heavy (non-hydrogen) atoms. The molecule has 0 aliphatic rings. The second-order valence-corrected chi connectivity index (χ2v) is 4.91. The van der Waals surface area contributed by atoms with Gasteiger partial charge in [0.1, 0.15) is 6.07 Å². The molecule has 0 N–H and O–H groups in total. The third-order valence-electron chi connectivity index (χ3n) is 3.05. The predicted molar refractivity (Wildman–Crippen MR) is 76.7 cm³/mol. The molecule has 0 saturated carbocycles. The van der Waals surface area contributed by atoms with Crippen molar-refractivity contribution in [2.24, 2.45) is 0 Å². The number of aromatic nitrogens is 2. The van der Waals surface area contributed by atoms with Crippen molar-refractivity contribution in [1.82, 2.24) is 9.55 Å². The molecule has 5 heteroatoms. The molecule has 0 fully saturated rings. The topological polar surface area (TPSA) is 50.8 Å². The number of nitrogens with zero attached hydrogens (tertiary/aromatic N) is 3. The van der Waals surface area contributed by atoms with Gasteiger partial charge in [-0.05, 0) is 35.0 Å². The molecule has 0 aliphatic carbocycles. The Kier molecular flexibility index (Phi) is 4.35. The van der Waals surface area contributed by atoms with E-state index in [4.69, 9.17) is 4.74 Å². The van der Waals surface area contributed by atoms with Crippen LogP contribution in [0.3, 0.4) is 0 Å². The summed E-state index contributed by atoms with van der Waals surface area (Å²) in [5.41, 5.74) is 3.64. The average Bonchev–Trinajstić information content (AvgIpc) is 2.68. The Balaban J connectivity index is 2.61. The normalized spacial score (nSPS) is 10.4. The number of rotatable bonds is 4. The number of hydrogen-bond acceptors (Lipinski definition) is 3. The lowest BCUT2D eigenvalue weighted by atomic mass is 10.2. The summed E-state index contributed by atoms with van der Waals surface area (Å²) in [6.07, 6.45) is 3.49. The molecule has 0 aromatic carbocycles. The Morgan fingerprint density at radius 2 is 2.11 bits per heavy atom. The van der Waals surface area contributed by atoms with Gasteiger partial charge in [0.05, 0.1) is 22.3 Å². The summed E-state index contributed by atoms with van der Waals surface area (Å²) in [4.78, 5) is 4.03. The minimum absolute atomic E-state index is 0.602. The molecule has 0 radical (unpaired) electrons. The second kappa shape index (κ2) is 6.00. The van der Waals surface area contributed by atoms with E-state index < -0.39 is 0 Å². The van der Waals surface area contributed by atoms with Gasteiger partial charge in [-0.1, -0.05) is 0 Å². The van der Waals surface area contributed by atoms with Gasteiger partial charge >= 0.3 is 0 Å². The van der Waals surface area contributed by atoms with Crippen LogP contribution in [0.1, 0.15) is 11.3 Å². The summed E-state index contributed by atoms with van der Waals surface area (Å²) >= 11 is 3.54. The molecule has 98 valence electrons. The second-order valence-electron chi connectivity index (χ2n) is 4.12. The van der Waals surface area contributed by atoms with Gasteiger partial charge in [-0.3, -0.25) is 4.98 Å². The van der Waals surface area contributed by atoms with Crippen LogP contribution in [0.4, 0.5) is 0 Å². The molecule has 2 aromatic heterocycles. The van der Waals surface area contributed by atoms with Crippen molar-refractivity contribution in [3.8, 4) is 17.3 Å². The van der Waals surface area contributed by atoms with Gasteiger partial charge in [-0.25, -0.2) is 0 Å². The molecule has 0 saturated heterocycles. The molecule has 2 aromatic rings. The zero-order valence-corrected chi connectivity index (χ0v) is 12.4. The summed E-state index contributed by atoms with van der Waals surface area (Å²) in [6, 6.07) is 6.12. The van der Waals surface area contributed by atoms with Crippen LogP contribution in [0.15, 0.2) is 29.0 Å². The monoisotopic (exact) mass is 319 g/mol. The zero-order valence-electron chi connectivity index (χ0n) is 10.9. The van der Waals surface area contributed by atoms with E-state index in [0.29, 0.717) is 18.7 Å². The number of halogens is 1. The van der Waals surface area contributed by atoms with Gasteiger partial charge in [-0.2, -0.15) is 5.26 Å². The largest absolute Gasteiger partial charge is 0.383 e. The summed E-state index contributed by atoms with van der Waals surface area (Å²) in [5, 5.41) is 9.27. The van der Waals surface area contributed by atoms with E-state index in [1.807, 2.05) is 19.1 Å². The lowest BCUT2D eigenvalue weighted by Gasteiger charge is -2.11. The minimum Gasteiger partial charge on any atom is -0.383 e. The molecule has 0 spiro atoms. The van der Waals surface area contributed by atoms with Gasteiger partial charge in [0, 0.05) is 37.3 Å². The quantitative estimate of drug-likeness (QED) is 0.869. The Morgan fingerprint density at radius 3 is 2.68 bits per heavy atom. The van der Waals surface area contributed by atoms with Gasteiger partial charge in [-0.15, -0.1) is 0 Å². The standard InChI is InChI=1S/C14H14BrN3O/c1-10-12(9-16)13(15)14(18(10)7-8-19-2)11-3-5-17-6-4-11/h3-6H,7-8H2,1-2H3. The fourth-order valence-corrected chi connectivity index (χ4v) is 2.90. The summed E-state index contributed by atoms with van der Waals surface area (Å²) in [7, 11) is 1.67. The lowest BCUT2D eigenvalue weighted by Crippen LogP contribution is -2.07. The van der Waals surface area contributed by atoms with Crippen LogP contribution in [0, 0.1) is 18.3 Å². The zero-order chi connectivity index (χ0) is 13.8. The summed E-state index contributed by atoms with van der Waals surface area (Å²) in [6.45, 7) is 3.26. The van der Waals surface area contributed by atoms with Crippen LogP contribution in [-0.4, -0.2) is 23.3 Å². The molecule has 0 atom stereocenters. The molecule has 2 rings (SSSR count). The lowest BCUT2D eigenvalue weighted by molar-refractivity contribution is 0.187. The maximum absolute atomic E-state index is 9.27. The molecule has 0 amide bonds. The third kappa shape index (κ3) is 2.55. The van der Waals surface area contributed by atoms with Crippen LogP contribution in [-0.2, 0) is 11.3 Å².